The van der Waals surface area contributed by atoms with E-state index < -0.39 is 0 Å². The lowest BCUT2D eigenvalue weighted by Crippen LogP contribution is -2.29. The van der Waals surface area contributed by atoms with Crippen LogP contribution in [0.4, 0.5) is 4.39 Å². The lowest BCUT2D eigenvalue weighted by atomic mass is 10.1. The molecule has 0 saturated carbocycles. The molecule has 0 aliphatic carbocycles. The fraction of sp³-hybridized carbons (Fsp3) is 0.286. The van der Waals surface area contributed by atoms with E-state index in [1.165, 1.54) is 23.9 Å². The summed E-state index contributed by atoms with van der Waals surface area (Å²) in [5.41, 5.74) is 1.18. The molecule has 3 rings (SSSR count). The molecule has 1 heterocycles. The van der Waals surface area contributed by atoms with Crippen LogP contribution in [0.2, 0.25) is 5.02 Å². The normalized spacial score (nSPS) is 12.1. The van der Waals surface area contributed by atoms with E-state index in [1.54, 1.807) is 34.9 Å². The summed E-state index contributed by atoms with van der Waals surface area (Å²) in [7, 11) is 0. The number of amides is 1. The smallest absolute Gasteiger partial charge is 0.262 e. The second-order valence-corrected chi connectivity index (χ2v) is 8.02. The second kappa shape index (κ2) is 9.41. The molecule has 0 radical (unpaired) electrons. The van der Waals surface area contributed by atoms with E-state index in [1.807, 2.05) is 13.8 Å². The standard InChI is InChI=1S/C21H21ClFN3O2S/c1-3-10-26-20(28)17-9-6-15(22)11-18(17)25-21(26)29-12-19(27)24-13(2)14-4-7-16(23)8-5-14/h4-9,11,13H,3,10,12H2,1-2H3,(H,24,27)/t13-/m0/s1. The van der Waals surface area contributed by atoms with Gasteiger partial charge >= 0.3 is 0 Å². The van der Waals surface area contributed by atoms with E-state index in [0.717, 1.165) is 12.0 Å². The van der Waals surface area contributed by atoms with Gasteiger partial charge in [0.2, 0.25) is 5.91 Å². The molecule has 29 heavy (non-hydrogen) atoms. The Morgan fingerprint density at radius 3 is 2.69 bits per heavy atom. The summed E-state index contributed by atoms with van der Waals surface area (Å²) in [5, 5.41) is 4.36. The number of nitrogens with one attached hydrogen (secondary N) is 1. The second-order valence-electron chi connectivity index (χ2n) is 6.64. The van der Waals surface area contributed by atoms with Crippen molar-refractivity contribution in [1.82, 2.24) is 14.9 Å². The van der Waals surface area contributed by atoms with Crippen LogP contribution in [0.5, 0.6) is 0 Å². The van der Waals surface area contributed by atoms with Gasteiger partial charge in [0.1, 0.15) is 5.82 Å². The van der Waals surface area contributed by atoms with E-state index in [2.05, 4.69) is 10.3 Å². The summed E-state index contributed by atoms with van der Waals surface area (Å²) >= 11 is 7.24. The monoisotopic (exact) mass is 433 g/mol. The van der Waals surface area contributed by atoms with Crippen LogP contribution in [0, 0.1) is 5.82 Å². The predicted molar refractivity (Wildman–Crippen MR) is 115 cm³/mol. The molecule has 0 aliphatic rings. The highest BCUT2D eigenvalue weighted by molar-refractivity contribution is 7.99. The largest absolute Gasteiger partial charge is 0.349 e. The first-order valence-electron chi connectivity index (χ1n) is 9.26. The number of carbonyl (C=O) groups is 1. The number of halogens is 2. The van der Waals surface area contributed by atoms with Gasteiger partial charge in [-0.25, -0.2) is 9.37 Å². The molecule has 3 aromatic rings. The maximum absolute atomic E-state index is 13.1. The maximum atomic E-state index is 13.1. The Labute approximate surface area is 177 Å². The highest BCUT2D eigenvalue weighted by atomic mass is 35.5. The summed E-state index contributed by atoms with van der Waals surface area (Å²) in [5.74, 6) is -0.414. The van der Waals surface area contributed by atoms with Crippen LogP contribution in [0.1, 0.15) is 31.9 Å². The topological polar surface area (TPSA) is 64.0 Å². The molecule has 1 atom stereocenters. The van der Waals surface area contributed by atoms with Crippen LogP contribution >= 0.6 is 23.4 Å². The Hall–Kier alpha value is -2.38. The number of rotatable bonds is 7. The van der Waals surface area contributed by atoms with Gasteiger partial charge in [-0.15, -0.1) is 0 Å². The Balaban J connectivity index is 1.76. The maximum Gasteiger partial charge on any atom is 0.262 e. The third kappa shape index (κ3) is 5.16. The molecule has 0 saturated heterocycles. The summed E-state index contributed by atoms with van der Waals surface area (Å²) in [4.78, 5) is 29.8. The summed E-state index contributed by atoms with van der Waals surface area (Å²) < 4.78 is 14.7. The number of hydrogen-bond donors (Lipinski definition) is 1. The van der Waals surface area contributed by atoms with Crippen molar-refractivity contribution in [1.29, 1.82) is 0 Å². The van der Waals surface area contributed by atoms with Gasteiger partial charge in [0.05, 0.1) is 22.7 Å². The molecular weight excluding hydrogens is 413 g/mol. The number of fused-ring (bicyclic) bond motifs is 1. The van der Waals surface area contributed by atoms with Crippen LogP contribution in [0.25, 0.3) is 10.9 Å². The molecule has 0 unspecified atom stereocenters. The van der Waals surface area contributed by atoms with Crippen molar-refractivity contribution in [2.45, 2.75) is 38.0 Å². The molecule has 152 valence electrons. The molecule has 1 amide bonds. The minimum atomic E-state index is -0.320. The molecule has 0 aliphatic heterocycles. The highest BCUT2D eigenvalue weighted by Gasteiger charge is 2.15. The fourth-order valence-corrected chi connectivity index (χ4v) is 3.96. The lowest BCUT2D eigenvalue weighted by molar-refractivity contribution is -0.119. The van der Waals surface area contributed by atoms with E-state index >= 15 is 0 Å². The van der Waals surface area contributed by atoms with Crippen LogP contribution in [-0.4, -0.2) is 21.2 Å². The summed E-state index contributed by atoms with van der Waals surface area (Å²) in [6.07, 6.45) is 0.766. The average molecular weight is 434 g/mol. The van der Waals surface area contributed by atoms with Gasteiger partial charge in [0.15, 0.2) is 5.16 Å². The van der Waals surface area contributed by atoms with Crippen molar-refractivity contribution < 1.29 is 9.18 Å². The van der Waals surface area contributed by atoms with Gasteiger partial charge in [-0.2, -0.15) is 0 Å². The van der Waals surface area contributed by atoms with E-state index in [-0.39, 0.29) is 29.1 Å². The van der Waals surface area contributed by atoms with Crippen molar-refractivity contribution in [3.63, 3.8) is 0 Å². The highest BCUT2D eigenvalue weighted by Crippen LogP contribution is 2.21. The van der Waals surface area contributed by atoms with Gasteiger partial charge in [0, 0.05) is 11.6 Å². The average Bonchev–Trinajstić information content (AvgIpc) is 2.69. The fourth-order valence-electron chi connectivity index (χ4n) is 2.95. The van der Waals surface area contributed by atoms with Crippen molar-refractivity contribution >= 4 is 40.2 Å². The van der Waals surface area contributed by atoms with Gasteiger partial charge in [-0.05, 0) is 49.2 Å². The number of benzene rings is 2. The molecule has 0 fully saturated rings. The minimum Gasteiger partial charge on any atom is -0.349 e. The number of thioether (sulfide) groups is 1. The third-order valence-electron chi connectivity index (χ3n) is 4.41. The lowest BCUT2D eigenvalue weighted by Gasteiger charge is -2.15. The Morgan fingerprint density at radius 1 is 1.28 bits per heavy atom. The molecule has 1 N–H and O–H groups in total. The quantitative estimate of drug-likeness (QED) is 0.438. The van der Waals surface area contributed by atoms with E-state index in [4.69, 9.17) is 11.6 Å². The van der Waals surface area contributed by atoms with Crippen molar-refractivity contribution in [2.75, 3.05) is 5.75 Å². The zero-order chi connectivity index (χ0) is 21.0. The van der Waals surface area contributed by atoms with Crippen LogP contribution in [0.15, 0.2) is 52.4 Å². The molecule has 5 nitrogen and oxygen atoms in total. The number of nitrogens with zero attached hydrogens (tertiary/aromatic N) is 2. The predicted octanol–water partition coefficient (Wildman–Crippen LogP) is 4.57. The SMILES string of the molecule is CCCn1c(SCC(=O)N[C@@H](C)c2ccc(F)cc2)nc2cc(Cl)ccc2c1=O. The zero-order valence-electron chi connectivity index (χ0n) is 16.1. The van der Waals surface area contributed by atoms with Crippen molar-refractivity contribution in [3.8, 4) is 0 Å². The Morgan fingerprint density at radius 2 is 2.00 bits per heavy atom. The first kappa shape index (κ1) is 21.3. The first-order valence-corrected chi connectivity index (χ1v) is 10.6. The van der Waals surface area contributed by atoms with Crippen LogP contribution in [0.3, 0.4) is 0 Å². The van der Waals surface area contributed by atoms with Crippen molar-refractivity contribution in [3.05, 3.63) is 69.2 Å². The molecular formula is C21H21ClFN3O2S. The molecule has 0 spiro atoms. The van der Waals surface area contributed by atoms with Gasteiger partial charge in [-0.3, -0.25) is 14.2 Å². The molecule has 8 heteroatoms. The molecule has 1 aromatic heterocycles. The van der Waals surface area contributed by atoms with Gasteiger partial charge in [-0.1, -0.05) is 42.4 Å². The summed E-state index contributed by atoms with van der Waals surface area (Å²) in [6.45, 7) is 4.32. The van der Waals surface area contributed by atoms with Gasteiger partial charge in [0.25, 0.3) is 5.56 Å². The molecule has 2 aromatic carbocycles. The third-order valence-corrected chi connectivity index (χ3v) is 5.62. The number of hydrogen-bond acceptors (Lipinski definition) is 4. The zero-order valence-corrected chi connectivity index (χ0v) is 17.7. The number of aromatic nitrogens is 2. The Kier molecular flexibility index (Phi) is 6.92. The summed E-state index contributed by atoms with van der Waals surface area (Å²) in [6, 6.07) is 10.7. The van der Waals surface area contributed by atoms with E-state index in [0.29, 0.717) is 27.6 Å². The number of carbonyl (C=O) groups excluding carboxylic acids is 1. The first-order chi connectivity index (χ1) is 13.9. The van der Waals surface area contributed by atoms with Crippen LogP contribution in [-0.2, 0) is 11.3 Å². The molecule has 0 bridgehead atoms. The Bertz CT molecular complexity index is 1090. The van der Waals surface area contributed by atoms with Crippen molar-refractivity contribution in [2.24, 2.45) is 0 Å². The van der Waals surface area contributed by atoms with Gasteiger partial charge < -0.3 is 5.32 Å². The minimum absolute atomic E-state index is 0.105. The van der Waals surface area contributed by atoms with E-state index in [9.17, 15) is 14.0 Å². The van der Waals surface area contributed by atoms with Crippen LogP contribution < -0.4 is 10.9 Å².